The fraction of sp³-hybridized carbons (Fsp3) is 0.350. The lowest BCUT2D eigenvalue weighted by atomic mass is 10.2. The Morgan fingerprint density at radius 2 is 1.81 bits per heavy atom. The molecule has 0 saturated carbocycles. The van der Waals surface area contributed by atoms with Crippen LogP contribution in [-0.4, -0.2) is 50.2 Å². The number of rotatable bonds is 5. The highest BCUT2D eigenvalue weighted by Crippen LogP contribution is 2.28. The van der Waals surface area contributed by atoms with Crippen LogP contribution in [0.15, 0.2) is 42.5 Å². The van der Waals surface area contributed by atoms with Gasteiger partial charge in [-0.15, -0.1) is 0 Å². The van der Waals surface area contributed by atoms with Gasteiger partial charge in [-0.1, -0.05) is 29.3 Å². The van der Waals surface area contributed by atoms with Gasteiger partial charge in [0.2, 0.25) is 0 Å². The first-order chi connectivity index (χ1) is 13.0. The number of amides is 1. The molecule has 0 spiro atoms. The number of ether oxygens (including phenoxy) is 2. The van der Waals surface area contributed by atoms with Crippen molar-refractivity contribution in [2.45, 2.75) is 13.0 Å². The van der Waals surface area contributed by atoms with Crippen LogP contribution >= 0.6 is 23.2 Å². The van der Waals surface area contributed by atoms with Crippen LogP contribution in [0.4, 0.5) is 5.69 Å². The van der Waals surface area contributed by atoms with Crippen LogP contribution in [-0.2, 0) is 4.79 Å². The molecule has 1 aliphatic rings. The van der Waals surface area contributed by atoms with Gasteiger partial charge in [-0.25, -0.2) is 0 Å². The Hall–Kier alpha value is -2.11. The summed E-state index contributed by atoms with van der Waals surface area (Å²) in [7, 11) is 1.66. The van der Waals surface area contributed by atoms with Gasteiger partial charge in [-0.2, -0.15) is 0 Å². The molecule has 1 aliphatic heterocycles. The number of hydrogen-bond acceptors (Lipinski definition) is 4. The van der Waals surface area contributed by atoms with Crippen molar-refractivity contribution in [1.82, 2.24) is 4.90 Å². The van der Waals surface area contributed by atoms with E-state index in [0.29, 0.717) is 28.9 Å². The number of carbonyl (C=O) groups is 1. The molecular weight excluding hydrogens is 387 g/mol. The van der Waals surface area contributed by atoms with Gasteiger partial charge in [-0.05, 0) is 37.3 Å². The minimum atomic E-state index is -0.618. The van der Waals surface area contributed by atoms with Crippen molar-refractivity contribution in [3.63, 3.8) is 0 Å². The van der Waals surface area contributed by atoms with Gasteiger partial charge in [-0.3, -0.25) is 4.79 Å². The topological polar surface area (TPSA) is 42.0 Å². The highest BCUT2D eigenvalue weighted by atomic mass is 35.5. The third-order valence-corrected chi connectivity index (χ3v) is 5.09. The van der Waals surface area contributed by atoms with Crippen molar-refractivity contribution >= 4 is 34.8 Å². The predicted octanol–water partition coefficient (Wildman–Crippen LogP) is 4.12. The lowest BCUT2D eigenvalue weighted by Gasteiger charge is -2.37. The third kappa shape index (κ3) is 4.79. The molecule has 5 nitrogen and oxygen atoms in total. The first-order valence-corrected chi connectivity index (χ1v) is 9.53. The van der Waals surface area contributed by atoms with E-state index in [1.54, 1.807) is 32.2 Å². The van der Waals surface area contributed by atoms with E-state index in [-0.39, 0.29) is 5.91 Å². The minimum absolute atomic E-state index is 0.0497. The van der Waals surface area contributed by atoms with Gasteiger partial charge < -0.3 is 19.3 Å². The fourth-order valence-corrected chi connectivity index (χ4v) is 3.51. The molecule has 1 atom stereocenters. The molecule has 1 amide bonds. The third-order valence-electron chi connectivity index (χ3n) is 4.56. The zero-order valence-corrected chi connectivity index (χ0v) is 16.8. The van der Waals surface area contributed by atoms with Crippen molar-refractivity contribution in [3.8, 4) is 11.5 Å². The molecule has 27 heavy (non-hydrogen) atoms. The maximum atomic E-state index is 12.7. The molecule has 0 radical (unpaired) electrons. The molecule has 0 aromatic heterocycles. The highest BCUT2D eigenvalue weighted by molar-refractivity contribution is 6.35. The van der Waals surface area contributed by atoms with E-state index in [2.05, 4.69) is 4.90 Å². The Bertz CT molecular complexity index is 808. The van der Waals surface area contributed by atoms with E-state index in [1.165, 1.54) is 0 Å². The van der Waals surface area contributed by atoms with Crippen LogP contribution in [0.1, 0.15) is 6.92 Å². The summed E-state index contributed by atoms with van der Waals surface area (Å²) in [6, 6.07) is 12.9. The Balaban J connectivity index is 1.57. The number of hydrogen-bond donors (Lipinski definition) is 0. The maximum absolute atomic E-state index is 12.7. The van der Waals surface area contributed by atoms with Crippen molar-refractivity contribution in [3.05, 3.63) is 52.5 Å². The molecule has 3 rings (SSSR count). The lowest BCUT2D eigenvalue weighted by Crippen LogP contribution is -2.52. The average Bonchev–Trinajstić information content (AvgIpc) is 2.69. The summed E-state index contributed by atoms with van der Waals surface area (Å²) in [6.07, 6.45) is -0.618. The molecular formula is C20H22Cl2N2O3. The van der Waals surface area contributed by atoms with Crippen molar-refractivity contribution in [2.24, 2.45) is 0 Å². The summed E-state index contributed by atoms with van der Waals surface area (Å²) in [5.41, 5.74) is 1.10. The molecule has 0 unspecified atom stereocenters. The molecule has 7 heteroatoms. The van der Waals surface area contributed by atoms with Crippen LogP contribution in [0, 0.1) is 0 Å². The fourth-order valence-electron chi connectivity index (χ4n) is 3.06. The summed E-state index contributed by atoms with van der Waals surface area (Å²) < 4.78 is 11.0. The second-order valence-electron chi connectivity index (χ2n) is 6.35. The van der Waals surface area contributed by atoms with Crippen molar-refractivity contribution < 1.29 is 14.3 Å². The second-order valence-corrected chi connectivity index (χ2v) is 7.19. The number of carbonyl (C=O) groups excluding carboxylic acids is 1. The summed E-state index contributed by atoms with van der Waals surface area (Å²) in [5, 5.41) is 0.921. The van der Waals surface area contributed by atoms with E-state index >= 15 is 0 Å². The lowest BCUT2D eigenvalue weighted by molar-refractivity contribution is -0.138. The summed E-state index contributed by atoms with van der Waals surface area (Å²) in [6.45, 7) is 4.53. The van der Waals surface area contributed by atoms with Gasteiger partial charge in [0, 0.05) is 43.0 Å². The van der Waals surface area contributed by atoms with Gasteiger partial charge in [0.1, 0.15) is 11.5 Å². The first kappa shape index (κ1) is 19.6. The monoisotopic (exact) mass is 408 g/mol. The molecule has 0 N–H and O–H groups in total. The highest BCUT2D eigenvalue weighted by Gasteiger charge is 2.26. The smallest absolute Gasteiger partial charge is 0.263 e. The van der Waals surface area contributed by atoms with Crippen molar-refractivity contribution in [2.75, 3.05) is 38.2 Å². The second kappa shape index (κ2) is 8.72. The summed E-state index contributed by atoms with van der Waals surface area (Å²) >= 11 is 12.0. The SMILES string of the molecule is COc1cccc(N2CCN(C(=O)[C@H](C)Oc3ccc(Cl)cc3Cl)CC2)c1. The van der Waals surface area contributed by atoms with Gasteiger partial charge in [0.15, 0.2) is 6.10 Å². The van der Waals surface area contributed by atoms with Crippen LogP contribution in [0.5, 0.6) is 11.5 Å². The van der Waals surface area contributed by atoms with E-state index in [9.17, 15) is 4.79 Å². The largest absolute Gasteiger partial charge is 0.497 e. The van der Waals surface area contributed by atoms with Crippen LogP contribution in [0.25, 0.3) is 0 Å². The maximum Gasteiger partial charge on any atom is 0.263 e. The predicted molar refractivity (Wildman–Crippen MR) is 108 cm³/mol. The van der Waals surface area contributed by atoms with E-state index in [0.717, 1.165) is 24.5 Å². The number of halogens is 2. The Morgan fingerprint density at radius 1 is 1.07 bits per heavy atom. The van der Waals surface area contributed by atoms with Gasteiger partial charge >= 0.3 is 0 Å². The zero-order chi connectivity index (χ0) is 19.4. The molecule has 2 aromatic carbocycles. The molecule has 1 saturated heterocycles. The van der Waals surface area contributed by atoms with Crippen molar-refractivity contribution in [1.29, 1.82) is 0 Å². The standard InChI is InChI=1S/C20H22Cl2N2O3/c1-14(27-19-7-6-15(21)12-18(19)22)20(25)24-10-8-23(9-11-24)16-4-3-5-17(13-16)26-2/h3-7,12-14H,8-11H2,1-2H3/t14-/m0/s1. The average molecular weight is 409 g/mol. The van der Waals surface area contributed by atoms with E-state index < -0.39 is 6.10 Å². The molecule has 1 heterocycles. The Labute approximate surface area is 169 Å². The quantitative estimate of drug-likeness (QED) is 0.745. The minimum Gasteiger partial charge on any atom is -0.497 e. The molecule has 0 bridgehead atoms. The summed E-state index contributed by atoms with van der Waals surface area (Å²) in [4.78, 5) is 16.8. The number of nitrogens with zero attached hydrogens (tertiary/aromatic N) is 2. The first-order valence-electron chi connectivity index (χ1n) is 8.77. The number of anilines is 1. The normalized spacial score (nSPS) is 15.4. The number of piperazine rings is 1. The van der Waals surface area contributed by atoms with Crippen LogP contribution in [0.2, 0.25) is 10.0 Å². The Kier molecular flexibility index (Phi) is 6.34. The van der Waals surface area contributed by atoms with E-state index in [4.69, 9.17) is 32.7 Å². The van der Waals surface area contributed by atoms with E-state index in [1.807, 2.05) is 29.2 Å². The number of benzene rings is 2. The Morgan fingerprint density at radius 3 is 2.48 bits per heavy atom. The van der Waals surface area contributed by atoms with Crippen LogP contribution < -0.4 is 14.4 Å². The van der Waals surface area contributed by atoms with Gasteiger partial charge in [0.25, 0.3) is 5.91 Å². The molecule has 144 valence electrons. The summed E-state index contributed by atoms with van der Waals surface area (Å²) in [5.74, 6) is 1.23. The molecule has 2 aromatic rings. The molecule has 1 fully saturated rings. The van der Waals surface area contributed by atoms with Crippen LogP contribution in [0.3, 0.4) is 0 Å². The number of methoxy groups -OCH3 is 1. The zero-order valence-electron chi connectivity index (χ0n) is 15.3. The van der Waals surface area contributed by atoms with Gasteiger partial charge in [0.05, 0.1) is 12.1 Å². The molecule has 0 aliphatic carbocycles.